The van der Waals surface area contributed by atoms with Crippen LogP contribution in [0, 0.1) is 0 Å². The molecule has 2 rings (SSSR count). The van der Waals surface area contributed by atoms with Crippen LogP contribution in [0.15, 0.2) is 36.4 Å². The lowest BCUT2D eigenvalue weighted by Gasteiger charge is -2.15. The average molecular weight is 310 g/mol. The van der Waals surface area contributed by atoms with E-state index in [9.17, 15) is 0 Å². The summed E-state index contributed by atoms with van der Waals surface area (Å²) in [6.07, 6.45) is 3.21. The van der Waals surface area contributed by atoms with E-state index in [-0.39, 0.29) is 0 Å². The summed E-state index contributed by atoms with van der Waals surface area (Å²) in [4.78, 5) is 1.34. The highest BCUT2D eigenvalue weighted by molar-refractivity contribution is 7.16. The smallest absolute Gasteiger partial charge is 0.118 e. The fourth-order valence-corrected chi connectivity index (χ4v) is 3.35. The molecule has 20 heavy (non-hydrogen) atoms. The van der Waals surface area contributed by atoms with Crippen molar-refractivity contribution in [2.24, 2.45) is 0 Å². The lowest BCUT2D eigenvalue weighted by atomic mass is 10.0. The Labute approximate surface area is 129 Å². The second-order valence-corrected chi connectivity index (χ2v) is 6.58. The lowest BCUT2D eigenvalue weighted by Crippen LogP contribution is -2.27. The van der Waals surface area contributed by atoms with Crippen LogP contribution < -0.4 is 10.1 Å². The Hall–Kier alpha value is -1.03. The summed E-state index contributed by atoms with van der Waals surface area (Å²) < 4.78 is 6.04. The third-order valence-electron chi connectivity index (χ3n) is 3.43. The largest absolute Gasteiger partial charge is 0.497 e. The van der Waals surface area contributed by atoms with Crippen molar-refractivity contribution in [1.29, 1.82) is 0 Å². The summed E-state index contributed by atoms with van der Waals surface area (Å²) in [6.45, 7) is 0. The summed E-state index contributed by atoms with van der Waals surface area (Å²) in [5.74, 6) is 0.909. The van der Waals surface area contributed by atoms with Crippen LogP contribution in [-0.2, 0) is 12.8 Å². The first-order valence-corrected chi connectivity index (χ1v) is 7.95. The van der Waals surface area contributed by atoms with Crippen LogP contribution in [0.5, 0.6) is 5.75 Å². The molecule has 1 aromatic carbocycles. The Morgan fingerprint density at radius 1 is 1.20 bits per heavy atom. The van der Waals surface area contributed by atoms with Gasteiger partial charge in [-0.3, -0.25) is 0 Å². The predicted molar refractivity (Wildman–Crippen MR) is 87.2 cm³/mol. The van der Waals surface area contributed by atoms with Crippen LogP contribution >= 0.6 is 22.9 Å². The van der Waals surface area contributed by atoms with Crippen LogP contribution in [-0.4, -0.2) is 20.2 Å². The number of halogens is 1. The van der Waals surface area contributed by atoms with E-state index in [1.807, 2.05) is 25.2 Å². The van der Waals surface area contributed by atoms with Crippen LogP contribution in [0.3, 0.4) is 0 Å². The maximum Gasteiger partial charge on any atom is 0.118 e. The number of methoxy groups -OCH3 is 1. The molecule has 108 valence electrons. The molecule has 1 unspecified atom stereocenters. The van der Waals surface area contributed by atoms with Gasteiger partial charge in [-0.2, -0.15) is 0 Å². The molecule has 2 aromatic rings. The normalized spacial score (nSPS) is 12.3. The highest BCUT2D eigenvalue weighted by atomic mass is 35.5. The maximum absolute atomic E-state index is 5.97. The molecular weight excluding hydrogens is 290 g/mol. The van der Waals surface area contributed by atoms with Gasteiger partial charge < -0.3 is 10.1 Å². The highest BCUT2D eigenvalue weighted by Gasteiger charge is 2.09. The molecule has 0 amide bonds. The SMILES string of the molecule is CNC(CCc1ccc(OC)cc1)Cc1ccc(Cl)s1. The number of aryl methyl sites for hydroxylation is 1. The molecule has 0 radical (unpaired) electrons. The molecule has 0 saturated carbocycles. The third-order valence-corrected chi connectivity index (χ3v) is 4.68. The topological polar surface area (TPSA) is 21.3 Å². The summed E-state index contributed by atoms with van der Waals surface area (Å²) in [6, 6.07) is 12.9. The minimum absolute atomic E-state index is 0.479. The molecule has 0 aliphatic heterocycles. The van der Waals surface area contributed by atoms with E-state index in [1.165, 1.54) is 10.4 Å². The Bertz CT molecular complexity index is 524. The molecule has 1 atom stereocenters. The molecule has 0 aliphatic carbocycles. The molecule has 0 aliphatic rings. The Kier molecular flexibility index (Phi) is 5.89. The minimum atomic E-state index is 0.479. The van der Waals surface area contributed by atoms with E-state index in [4.69, 9.17) is 16.3 Å². The van der Waals surface area contributed by atoms with Gasteiger partial charge in [0.25, 0.3) is 0 Å². The van der Waals surface area contributed by atoms with Gasteiger partial charge >= 0.3 is 0 Å². The van der Waals surface area contributed by atoms with Crippen molar-refractivity contribution < 1.29 is 4.74 Å². The molecular formula is C16H20ClNOS. The molecule has 1 heterocycles. The lowest BCUT2D eigenvalue weighted by molar-refractivity contribution is 0.414. The van der Waals surface area contributed by atoms with Gasteiger partial charge in [0.15, 0.2) is 0 Å². The van der Waals surface area contributed by atoms with Gasteiger partial charge in [-0.15, -0.1) is 11.3 Å². The quantitative estimate of drug-likeness (QED) is 0.828. The van der Waals surface area contributed by atoms with E-state index < -0.39 is 0 Å². The Balaban J connectivity index is 1.86. The van der Waals surface area contributed by atoms with Gasteiger partial charge in [0.2, 0.25) is 0 Å². The maximum atomic E-state index is 5.97. The van der Waals surface area contributed by atoms with E-state index in [0.717, 1.165) is 29.3 Å². The number of thiophene rings is 1. The Morgan fingerprint density at radius 3 is 2.50 bits per heavy atom. The molecule has 0 fully saturated rings. The fourth-order valence-electron chi connectivity index (χ4n) is 2.19. The van der Waals surface area contributed by atoms with Gasteiger partial charge in [-0.25, -0.2) is 0 Å². The predicted octanol–water partition coefficient (Wildman–Crippen LogP) is 4.17. The fraction of sp³-hybridized carbons (Fsp3) is 0.375. The average Bonchev–Trinajstić information content (AvgIpc) is 2.89. The van der Waals surface area contributed by atoms with Crippen molar-refractivity contribution in [3.05, 3.63) is 51.2 Å². The third kappa shape index (κ3) is 4.51. The van der Waals surface area contributed by atoms with Crippen LogP contribution in [0.4, 0.5) is 0 Å². The first kappa shape index (κ1) is 15.4. The zero-order chi connectivity index (χ0) is 14.4. The number of likely N-dealkylation sites (N-methyl/N-ethyl adjacent to an activating group) is 1. The molecule has 0 spiro atoms. The van der Waals surface area contributed by atoms with Crippen molar-refractivity contribution in [3.8, 4) is 5.75 Å². The van der Waals surface area contributed by atoms with Crippen LogP contribution in [0.2, 0.25) is 4.34 Å². The number of rotatable bonds is 7. The summed E-state index contributed by atoms with van der Waals surface area (Å²) >= 11 is 7.64. The van der Waals surface area contributed by atoms with Gasteiger partial charge in [0, 0.05) is 10.9 Å². The molecule has 1 N–H and O–H groups in total. The van der Waals surface area contributed by atoms with Crippen LogP contribution in [0.25, 0.3) is 0 Å². The van der Waals surface area contributed by atoms with E-state index in [2.05, 4.69) is 23.5 Å². The van der Waals surface area contributed by atoms with Gasteiger partial charge in [0.05, 0.1) is 11.4 Å². The van der Waals surface area contributed by atoms with Crippen molar-refractivity contribution >= 4 is 22.9 Å². The summed E-state index contributed by atoms with van der Waals surface area (Å²) in [7, 11) is 3.71. The molecule has 4 heteroatoms. The second-order valence-electron chi connectivity index (χ2n) is 4.78. The minimum Gasteiger partial charge on any atom is -0.497 e. The number of benzene rings is 1. The van der Waals surface area contributed by atoms with E-state index in [0.29, 0.717) is 6.04 Å². The monoisotopic (exact) mass is 309 g/mol. The Morgan fingerprint density at radius 2 is 1.95 bits per heavy atom. The molecule has 0 saturated heterocycles. The van der Waals surface area contributed by atoms with Crippen LogP contribution in [0.1, 0.15) is 16.9 Å². The van der Waals surface area contributed by atoms with Crippen molar-refractivity contribution in [3.63, 3.8) is 0 Å². The highest BCUT2D eigenvalue weighted by Crippen LogP contribution is 2.23. The zero-order valence-corrected chi connectivity index (χ0v) is 13.4. The molecule has 0 bridgehead atoms. The summed E-state index contributed by atoms with van der Waals surface area (Å²) in [5.41, 5.74) is 1.34. The number of ether oxygens (including phenoxy) is 1. The first-order valence-electron chi connectivity index (χ1n) is 6.75. The molecule has 2 nitrogen and oxygen atoms in total. The van der Waals surface area contributed by atoms with Gasteiger partial charge in [0.1, 0.15) is 5.75 Å². The van der Waals surface area contributed by atoms with Crippen molar-refractivity contribution in [2.45, 2.75) is 25.3 Å². The number of nitrogens with one attached hydrogen (secondary N) is 1. The standard InChI is InChI=1S/C16H20ClNOS/c1-18-13(11-15-9-10-16(17)20-15)6-3-12-4-7-14(19-2)8-5-12/h4-5,7-10,13,18H,3,6,11H2,1-2H3. The van der Waals surface area contributed by atoms with Crippen molar-refractivity contribution in [1.82, 2.24) is 5.32 Å². The number of hydrogen-bond acceptors (Lipinski definition) is 3. The molecule has 1 aromatic heterocycles. The number of hydrogen-bond donors (Lipinski definition) is 1. The zero-order valence-electron chi connectivity index (χ0n) is 11.9. The first-order chi connectivity index (χ1) is 9.71. The van der Waals surface area contributed by atoms with Gasteiger partial charge in [-0.05, 0) is 56.1 Å². The van der Waals surface area contributed by atoms with E-state index >= 15 is 0 Å². The summed E-state index contributed by atoms with van der Waals surface area (Å²) in [5, 5.41) is 3.39. The van der Waals surface area contributed by atoms with E-state index in [1.54, 1.807) is 18.4 Å². The second kappa shape index (κ2) is 7.67. The van der Waals surface area contributed by atoms with Gasteiger partial charge in [-0.1, -0.05) is 23.7 Å². The van der Waals surface area contributed by atoms with Crippen molar-refractivity contribution in [2.75, 3.05) is 14.2 Å².